The summed E-state index contributed by atoms with van der Waals surface area (Å²) in [5, 5.41) is 14.2. The van der Waals surface area contributed by atoms with Gasteiger partial charge in [0.15, 0.2) is 0 Å². The highest BCUT2D eigenvalue weighted by molar-refractivity contribution is 6.36. The van der Waals surface area contributed by atoms with Gasteiger partial charge in [0.05, 0.1) is 12.7 Å². The predicted octanol–water partition coefficient (Wildman–Crippen LogP) is 5.11. The van der Waals surface area contributed by atoms with Crippen LogP contribution in [0.2, 0.25) is 10.0 Å². The van der Waals surface area contributed by atoms with Gasteiger partial charge in [0.25, 0.3) is 5.91 Å². The lowest BCUT2D eigenvalue weighted by Crippen LogP contribution is -2.53. The molecule has 4 rings (SSSR count). The van der Waals surface area contributed by atoms with Crippen molar-refractivity contribution in [1.29, 1.82) is 0 Å². The Morgan fingerprint density at radius 1 is 1.07 bits per heavy atom. The molecule has 0 atom stereocenters. The van der Waals surface area contributed by atoms with E-state index in [4.69, 9.17) is 28.0 Å². The van der Waals surface area contributed by atoms with Gasteiger partial charge in [-0.2, -0.15) is 5.06 Å². The molecule has 158 valence electrons. The number of carbonyl (C=O) groups excluding carboxylic acids is 1. The Kier molecular flexibility index (Phi) is 5.58. The smallest absolute Gasteiger partial charge is 0.258 e. The number of rotatable bonds is 3. The van der Waals surface area contributed by atoms with Crippen LogP contribution in [-0.2, 0) is 9.63 Å². The monoisotopic (exact) mass is 446 g/mol. The Bertz CT molecular complexity index is 1000. The molecule has 0 radical (unpaired) electrons. The van der Waals surface area contributed by atoms with E-state index in [0.29, 0.717) is 47.1 Å². The molecule has 30 heavy (non-hydrogen) atoms. The van der Waals surface area contributed by atoms with Crippen molar-refractivity contribution < 1.29 is 14.7 Å². The summed E-state index contributed by atoms with van der Waals surface area (Å²) in [5.74, 6) is -0.0994. The van der Waals surface area contributed by atoms with Gasteiger partial charge in [0.2, 0.25) is 0 Å². The molecule has 1 N–H and O–H groups in total. The largest absolute Gasteiger partial charge is 0.509 e. The van der Waals surface area contributed by atoms with Gasteiger partial charge >= 0.3 is 0 Å². The standard InChI is InChI=1S/C23H24Cl2N2O3/c1-14-12-16(15-4-6-17(24)7-5-15)13-18(25)19(14)20-21(28)23(26(2)22(20)29)8-10-27(30-3)11-9-23/h4-7,12-13,28H,8-11H2,1-3H3. The third-order valence-corrected chi connectivity index (χ3v) is 6.91. The summed E-state index contributed by atoms with van der Waals surface area (Å²) in [5.41, 5.74) is 2.92. The first-order chi connectivity index (χ1) is 14.3. The molecule has 1 fully saturated rings. The highest BCUT2D eigenvalue weighted by atomic mass is 35.5. The molecule has 2 aromatic carbocycles. The van der Waals surface area contributed by atoms with Crippen LogP contribution in [0.5, 0.6) is 0 Å². The van der Waals surface area contributed by atoms with Gasteiger partial charge < -0.3 is 14.8 Å². The van der Waals surface area contributed by atoms with Crippen molar-refractivity contribution in [3.8, 4) is 11.1 Å². The summed E-state index contributed by atoms with van der Waals surface area (Å²) >= 11 is 12.7. The maximum atomic E-state index is 13.2. The number of aryl methyl sites for hydroxylation is 1. The molecule has 0 aromatic heterocycles. The molecule has 1 amide bonds. The molecular weight excluding hydrogens is 423 g/mol. The first kappa shape index (κ1) is 21.2. The van der Waals surface area contributed by atoms with Crippen molar-refractivity contribution in [3.63, 3.8) is 0 Å². The summed E-state index contributed by atoms with van der Waals surface area (Å²) < 4.78 is 0. The number of amides is 1. The van der Waals surface area contributed by atoms with E-state index in [1.807, 2.05) is 48.4 Å². The van der Waals surface area contributed by atoms with E-state index < -0.39 is 5.54 Å². The van der Waals surface area contributed by atoms with Crippen LogP contribution in [0.1, 0.15) is 24.0 Å². The number of aliphatic hydroxyl groups excluding tert-OH is 1. The van der Waals surface area contributed by atoms with E-state index in [9.17, 15) is 9.90 Å². The molecular formula is C23H24Cl2N2O3. The molecule has 2 heterocycles. The minimum absolute atomic E-state index is 0.106. The number of likely N-dealkylation sites (N-methyl/N-ethyl adjacent to an activating group) is 1. The zero-order valence-corrected chi connectivity index (χ0v) is 18.7. The van der Waals surface area contributed by atoms with Gasteiger partial charge in [0, 0.05) is 35.7 Å². The third-order valence-electron chi connectivity index (χ3n) is 6.36. The van der Waals surface area contributed by atoms with E-state index in [1.165, 1.54) is 0 Å². The number of hydroxylamine groups is 2. The van der Waals surface area contributed by atoms with E-state index in [0.717, 1.165) is 16.7 Å². The molecule has 5 nitrogen and oxygen atoms in total. The van der Waals surface area contributed by atoms with Crippen LogP contribution in [0.4, 0.5) is 0 Å². The molecule has 2 aromatic rings. The summed E-state index contributed by atoms with van der Waals surface area (Å²) in [6.07, 6.45) is 1.19. The maximum absolute atomic E-state index is 13.2. The van der Waals surface area contributed by atoms with Crippen molar-refractivity contribution in [2.24, 2.45) is 0 Å². The predicted molar refractivity (Wildman–Crippen MR) is 120 cm³/mol. The minimum atomic E-state index is -0.716. The second-order valence-corrected chi connectivity index (χ2v) is 8.73. The Labute approximate surface area is 186 Å². The van der Waals surface area contributed by atoms with Gasteiger partial charge in [-0.15, -0.1) is 0 Å². The number of piperidine rings is 1. The number of nitrogens with zero attached hydrogens (tertiary/aromatic N) is 2. The van der Waals surface area contributed by atoms with Gasteiger partial charge in [0.1, 0.15) is 11.3 Å². The quantitative estimate of drug-likeness (QED) is 0.711. The van der Waals surface area contributed by atoms with Crippen LogP contribution in [-0.4, -0.2) is 53.8 Å². The van der Waals surface area contributed by atoms with Crippen molar-refractivity contribution >= 4 is 34.7 Å². The van der Waals surface area contributed by atoms with Crippen LogP contribution >= 0.6 is 23.2 Å². The maximum Gasteiger partial charge on any atom is 0.258 e. The molecule has 0 bridgehead atoms. The fraction of sp³-hybridized carbons (Fsp3) is 0.348. The molecule has 2 aliphatic heterocycles. The number of benzene rings is 2. The number of carbonyl (C=O) groups is 1. The van der Waals surface area contributed by atoms with Crippen molar-refractivity contribution in [2.75, 3.05) is 27.2 Å². The average Bonchev–Trinajstić information content (AvgIpc) is 2.90. The van der Waals surface area contributed by atoms with E-state index >= 15 is 0 Å². The van der Waals surface area contributed by atoms with Gasteiger partial charge in [-0.25, -0.2) is 0 Å². The van der Waals surface area contributed by atoms with Crippen LogP contribution in [0.3, 0.4) is 0 Å². The summed E-state index contributed by atoms with van der Waals surface area (Å²) in [4.78, 5) is 20.2. The van der Waals surface area contributed by atoms with Crippen LogP contribution < -0.4 is 0 Å². The van der Waals surface area contributed by atoms with Crippen LogP contribution in [0, 0.1) is 6.92 Å². The Morgan fingerprint density at radius 3 is 2.27 bits per heavy atom. The Morgan fingerprint density at radius 2 is 1.70 bits per heavy atom. The molecule has 2 aliphatic rings. The minimum Gasteiger partial charge on any atom is -0.509 e. The van der Waals surface area contributed by atoms with Crippen LogP contribution in [0.15, 0.2) is 42.2 Å². The normalized spacial score (nSPS) is 19.2. The summed E-state index contributed by atoms with van der Waals surface area (Å²) in [6.45, 7) is 3.17. The Balaban J connectivity index is 1.77. The van der Waals surface area contributed by atoms with Crippen molar-refractivity contribution in [2.45, 2.75) is 25.3 Å². The topological polar surface area (TPSA) is 53.0 Å². The third kappa shape index (κ3) is 3.30. The zero-order valence-electron chi connectivity index (χ0n) is 17.2. The van der Waals surface area contributed by atoms with Crippen LogP contribution in [0.25, 0.3) is 16.7 Å². The lowest BCUT2D eigenvalue weighted by atomic mass is 9.85. The SMILES string of the molecule is CON1CCC2(CC1)C(O)=C(c1c(C)cc(-c3ccc(Cl)cc3)cc1Cl)C(=O)N2C. The highest BCUT2D eigenvalue weighted by Crippen LogP contribution is 2.46. The molecule has 7 heteroatoms. The second-order valence-electron chi connectivity index (χ2n) is 7.89. The highest BCUT2D eigenvalue weighted by Gasteiger charge is 2.52. The number of aliphatic hydroxyl groups is 1. The fourth-order valence-corrected chi connectivity index (χ4v) is 5.05. The molecule has 1 spiro atoms. The summed E-state index contributed by atoms with van der Waals surface area (Å²) in [7, 11) is 3.38. The fourth-order valence-electron chi connectivity index (χ4n) is 4.56. The van der Waals surface area contributed by atoms with E-state index in [2.05, 4.69) is 0 Å². The molecule has 1 saturated heterocycles. The second kappa shape index (κ2) is 7.89. The number of halogens is 2. The first-order valence-corrected chi connectivity index (χ1v) is 10.6. The Hall–Kier alpha value is -2.05. The van der Waals surface area contributed by atoms with E-state index in [1.54, 1.807) is 19.1 Å². The average molecular weight is 447 g/mol. The number of hydrogen-bond donors (Lipinski definition) is 1. The van der Waals surface area contributed by atoms with Gasteiger partial charge in [-0.3, -0.25) is 4.79 Å². The van der Waals surface area contributed by atoms with E-state index in [-0.39, 0.29) is 11.7 Å². The lowest BCUT2D eigenvalue weighted by Gasteiger charge is -2.42. The number of hydrogen-bond acceptors (Lipinski definition) is 4. The van der Waals surface area contributed by atoms with Crippen molar-refractivity contribution in [3.05, 3.63) is 63.3 Å². The van der Waals surface area contributed by atoms with Crippen molar-refractivity contribution in [1.82, 2.24) is 9.96 Å². The molecule has 0 saturated carbocycles. The lowest BCUT2D eigenvalue weighted by molar-refractivity contribution is -0.162. The zero-order chi connectivity index (χ0) is 21.6. The first-order valence-electron chi connectivity index (χ1n) is 9.86. The van der Waals surface area contributed by atoms with Gasteiger partial charge in [-0.05, 0) is 54.7 Å². The van der Waals surface area contributed by atoms with Gasteiger partial charge in [-0.1, -0.05) is 41.4 Å². The molecule has 0 aliphatic carbocycles. The summed E-state index contributed by atoms with van der Waals surface area (Å²) in [6, 6.07) is 11.3. The molecule has 0 unspecified atom stereocenters.